The van der Waals surface area contributed by atoms with E-state index >= 15 is 0 Å². The van der Waals surface area contributed by atoms with Crippen LogP contribution in [0.3, 0.4) is 0 Å². The van der Waals surface area contributed by atoms with Gasteiger partial charge in [0, 0.05) is 12.5 Å². The van der Waals surface area contributed by atoms with Crippen molar-refractivity contribution < 1.29 is 14.7 Å². The van der Waals surface area contributed by atoms with E-state index in [1.165, 1.54) is 0 Å². The van der Waals surface area contributed by atoms with Crippen LogP contribution in [0.25, 0.3) is 0 Å². The molecule has 2 amide bonds. The van der Waals surface area contributed by atoms with Crippen LogP contribution < -0.4 is 0 Å². The maximum absolute atomic E-state index is 11.4. The van der Waals surface area contributed by atoms with Gasteiger partial charge in [-0.1, -0.05) is 13.8 Å². The van der Waals surface area contributed by atoms with Crippen LogP contribution in [0.1, 0.15) is 33.6 Å². The Balaban J connectivity index is 2.69. The van der Waals surface area contributed by atoms with Gasteiger partial charge in [-0.25, -0.2) is 9.69 Å². The normalized spacial score (nSPS) is 27.4. The number of rotatable bonds is 2. The van der Waals surface area contributed by atoms with Gasteiger partial charge in [0.15, 0.2) is 0 Å². The summed E-state index contributed by atoms with van der Waals surface area (Å²) in [7, 11) is 0. The summed E-state index contributed by atoms with van der Waals surface area (Å²) in [4.78, 5) is 23.1. The van der Waals surface area contributed by atoms with Gasteiger partial charge in [-0.3, -0.25) is 4.79 Å². The lowest BCUT2D eigenvalue weighted by atomic mass is 9.91. The zero-order valence-electron chi connectivity index (χ0n) is 8.86. The van der Waals surface area contributed by atoms with E-state index < -0.39 is 6.09 Å². The van der Waals surface area contributed by atoms with E-state index in [0.29, 0.717) is 12.3 Å². The molecule has 1 fully saturated rings. The Hall–Kier alpha value is -1.06. The van der Waals surface area contributed by atoms with Crippen molar-refractivity contribution in [3.05, 3.63) is 0 Å². The summed E-state index contributed by atoms with van der Waals surface area (Å²) in [6.07, 6.45) is 0.177. The number of hydrogen-bond acceptors (Lipinski definition) is 2. The molecule has 1 rings (SSSR count). The molecule has 0 aromatic rings. The van der Waals surface area contributed by atoms with Crippen molar-refractivity contribution in [2.24, 2.45) is 11.8 Å². The summed E-state index contributed by atoms with van der Waals surface area (Å²) in [6, 6.07) is -0.164. The Morgan fingerprint density at radius 1 is 1.64 bits per heavy atom. The summed E-state index contributed by atoms with van der Waals surface area (Å²) < 4.78 is 0. The van der Waals surface area contributed by atoms with Crippen LogP contribution in [0.2, 0.25) is 0 Å². The largest absolute Gasteiger partial charge is 0.465 e. The average Bonchev–Trinajstić information content (AvgIpc) is 2.25. The van der Waals surface area contributed by atoms with Crippen molar-refractivity contribution in [3.8, 4) is 0 Å². The molecule has 1 N–H and O–H groups in total. The van der Waals surface area contributed by atoms with Crippen molar-refractivity contribution in [2.45, 2.75) is 39.7 Å². The number of amides is 2. The number of carboxylic acid groups (broad SMARTS) is 1. The summed E-state index contributed by atoms with van der Waals surface area (Å²) >= 11 is 0. The molecular formula is C10H17NO3. The van der Waals surface area contributed by atoms with Crippen LogP contribution in [-0.2, 0) is 4.79 Å². The van der Waals surface area contributed by atoms with Gasteiger partial charge in [0.05, 0.1) is 0 Å². The molecule has 1 aliphatic rings. The van der Waals surface area contributed by atoms with Crippen molar-refractivity contribution in [1.29, 1.82) is 0 Å². The van der Waals surface area contributed by atoms with Crippen molar-refractivity contribution in [1.82, 2.24) is 4.90 Å². The third kappa shape index (κ3) is 2.05. The molecule has 0 aromatic heterocycles. The molecule has 14 heavy (non-hydrogen) atoms. The van der Waals surface area contributed by atoms with Crippen molar-refractivity contribution in [2.75, 3.05) is 0 Å². The highest BCUT2D eigenvalue weighted by atomic mass is 16.4. The third-order valence-electron chi connectivity index (χ3n) is 2.78. The first-order valence-corrected chi connectivity index (χ1v) is 4.98. The highest BCUT2D eigenvalue weighted by Gasteiger charge is 2.40. The molecule has 1 aliphatic heterocycles. The van der Waals surface area contributed by atoms with Crippen LogP contribution in [0.15, 0.2) is 0 Å². The molecule has 0 aliphatic carbocycles. The zero-order chi connectivity index (χ0) is 10.9. The summed E-state index contributed by atoms with van der Waals surface area (Å²) in [6.45, 7) is 5.98. The minimum atomic E-state index is -1.12. The van der Waals surface area contributed by atoms with Gasteiger partial charge in [0.25, 0.3) is 0 Å². The lowest BCUT2D eigenvalue weighted by molar-refractivity contribution is -0.126. The molecule has 2 atom stereocenters. The second-order valence-corrected chi connectivity index (χ2v) is 4.38. The molecule has 4 nitrogen and oxygen atoms in total. The van der Waals surface area contributed by atoms with E-state index in [-0.39, 0.29) is 17.9 Å². The SMILES string of the molecule is CC(C)CC1CC(=O)N(C(=O)O)C1C. The topological polar surface area (TPSA) is 57.6 Å². The predicted molar refractivity (Wildman–Crippen MR) is 51.9 cm³/mol. The second kappa shape index (κ2) is 3.98. The van der Waals surface area contributed by atoms with Crippen LogP contribution in [0, 0.1) is 11.8 Å². The van der Waals surface area contributed by atoms with Gasteiger partial charge in [-0.15, -0.1) is 0 Å². The van der Waals surface area contributed by atoms with E-state index in [4.69, 9.17) is 5.11 Å². The maximum Gasteiger partial charge on any atom is 0.414 e. The highest BCUT2D eigenvalue weighted by Crippen LogP contribution is 2.30. The van der Waals surface area contributed by atoms with Crippen LogP contribution in [0.4, 0.5) is 4.79 Å². The van der Waals surface area contributed by atoms with Gasteiger partial charge < -0.3 is 5.11 Å². The zero-order valence-corrected chi connectivity index (χ0v) is 8.86. The molecule has 0 spiro atoms. The van der Waals surface area contributed by atoms with Crippen LogP contribution >= 0.6 is 0 Å². The third-order valence-corrected chi connectivity index (χ3v) is 2.78. The van der Waals surface area contributed by atoms with Gasteiger partial charge in [0.2, 0.25) is 5.91 Å². The predicted octanol–water partition coefficient (Wildman–Crippen LogP) is 1.95. The smallest absolute Gasteiger partial charge is 0.414 e. The molecule has 80 valence electrons. The molecular weight excluding hydrogens is 182 g/mol. The summed E-state index contributed by atoms with van der Waals surface area (Å²) in [5.74, 6) is 0.443. The van der Waals surface area contributed by atoms with Crippen LogP contribution in [-0.4, -0.2) is 28.0 Å². The Morgan fingerprint density at radius 2 is 2.21 bits per heavy atom. The number of carbonyl (C=O) groups is 2. The number of imide groups is 1. The average molecular weight is 199 g/mol. The van der Waals surface area contributed by atoms with Gasteiger partial charge in [-0.2, -0.15) is 0 Å². The van der Waals surface area contributed by atoms with E-state index in [0.717, 1.165) is 11.3 Å². The van der Waals surface area contributed by atoms with Crippen molar-refractivity contribution >= 4 is 12.0 Å². The fourth-order valence-corrected chi connectivity index (χ4v) is 2.10. The maximum atomic E-state index is 11.4. The Labute approximate surface area is 83.9 Å². The Kier molecular flexibility index (Phi) is 3.13. The first kappa shape index (κ1) is 11.0. The molecule has 2 unspecified atom stereocenters. The van der Waals surface area contributed by atoms with E-state index in [9.17, 15) is 9.59 Å². The number of likely N-dealkylation sites (tertiary alicyclic amines) is 1. The monoisotopic (exact) mass is 199 g/mol. The summed E-state index contributed by atoms with van der Waals surface area (Å²) in [5, 5.41) is 8.81. The number of hydrogen-bond donors (Lipinski definition) is 1. The highest BCUT2D eigenvalue weighted by molar-refractivity contribution is 5.93. The first-order valence-electron chi connectivity index (χ1n) is 4.98. The molecule has 0 saturated carbocycles. The van der Waals surface area contributed by atoms with Crippen molar-refractivity contribution in [3.63, 3.8) is 0 Å². The van der Waals surface area contributed by atoms with Crippen LogP contribution in [0.5, 0.6) is 0 Å². The minimum absolute atomic E-state index is 0.164. The first-order chi connectivity index (χ1) is 6.43. The summed E-state index contributed by atoms with van der Waals surface area (Å²) in [5.41, 5.74) is 0. The van der Waals surface area contributed by atoms with Gasteiger partial charge in [0.1, 0.15) is 0 Å². The van der Waals surface area contributed by atoms with E-state index in [2.05, 4.69) is 13.8 Å². The molecule has 1 heterocycles. The van der Waals surface area contributed by atoms with E-state index in [1.807, 2.05) is 6.92 Å². The van der Waals surface area contributed by atoms with Gasteiger partial charge in [-0.05, 0) is 25.2 Å². The lowest BCUT2D eigenvalue weighted by Crippen LogP contribution is -2.37. The second-order valence-electron chi connectivity index (χ2n) is 4.38. The number of carbonyl (C=O) groups excluding carboxylic acids is 1. The van der Waals surface area contributed by atoms with Gasteiger partial charge >= 0.3 is 6.09 Å². The standard InChI is InChI=1S/C10H17NO3/c1-6(2)4-8-5-9(12)11(7(8)3)10(13)14/h6-8H,4-5H2,1-3H3,(H,13,14). The molecule has 4 heteroatoms. The quantitative estimate of drug-likeness (QED) is 0.739. The lowest BCUT2D eigenvalue weighted by Gasteiger charge is -2.21. The minimum Gasteiger partial charge on any atom is -0.465 e. The molecule has 1 saturated heterocycles. The fourth-order valence-electron chi connectivity index (χ4n) is 2.10. The Morgan fingerprint density at radius 3 is 2.57 bits per heavy atom. The molecule has 0 bridgehead atoms. The van der Waals surface area contributed by atoms with E-state index in [1.54, 1.807) is 0 Å². The number of nitrogens with zero attached hydrogens (tertiary/aromatic N) is 1. The molecule has 0 aromatic carbocycles. The Bertz CT molecular complexity index is 250. The molecule has 0 radical (unpaired) electrons. The fraction of sp³-hybridized carbons (Fsp3) is 0.800.